The number of hydrogen-bond acceptors (Lipinski definition) is 8. The van der Waals surface area contributed by atoms with Crippen LogP contribution in [0.15, 0.2) is 22.7 Å². The summed E-state index contributed by atoms with van der Waals surface area (Å²) in [6, 6.07) is 6.77. The van der Waals surface area contributed by atoms with Crippen LogP contribution in [0.3, 0.4) is 0 Å². The van der Waals surface area contributed by atoms with Gasteiger partial charge >= 0.3 is 0 Å². The molecule has 180 valence electrons. The van der Waals surface area contributed by atoms with Crippen LogP contribution in [-0.2, 0) is 0 Å². The van der Waals surface area contributed by atoms with Gasteiger partial charge in [0.05, 0.1) is 11.6 Å². The number of aromatic nitrogens is 3. The van der Waals surface area contributed by atoms with Crippen LogP contribution >= 0.6 is 15.9 Å². The minimum Gasteiger partial charge on any atom is -0.496 e. The van der Waals surface area contributed by atoms with Crippen molar-refractivity contribution in [1.29, 1.82) is 0 Å². The molecule has 0 radical (unpaired) electrons. The summed E-state index contributed by atoms with van der Waals surface area (Å²) in [6.45, 7) is 5.32. The number of nitrogens with zero attached hydrogens (tertiary/aromatic N) is 4. The first-order valence-electron chi connectivity index (χ1n) is 12.3. The van der Waals surface area contributed by atoms with E-state index in [9.17, 15) is 0 Å². The number of halogens is 1. The van der Waals surface area contributed by atoms with Crippen molar-refractivity contribution in [2.45, 2.75) is 70.4 Å². The van der Waals surface area contributed by atoms with Gasteiger partial charge in [-0.15, -0.1) is 0 Å². The van der Waals surface area contributed by atoms with Gasteiger partial charge in [-0.2, -0.15) is 15.0 Å². The van der Waals surface area contributed by atoms with Gasteiger partial charge in [0.2, 0.25) is 17.8 Å². The molecular formula is C24H36BrN7O. The lowest BCUT2D eigenvalue weighted by molar-refractivity contribution is 0.277. The maximum Gasteiger partial charge on any atom is 0.233 e. The van der Waals surface area contributed by atoms with Crippen LogP contribution in [0.25, 0.3) is 0 Å². The number of likely N-dealkylation sites (N-methyl/N-ethyl adjacent to an activating group) is 1. The lowest BCUT2D eigenvalue weighted by atomic mass is 10.1. The first-order valence-corrected chi connectivity index (χ1v) is 13.0. The monoisotopic (exact) mass is 517 g/mol. The molecule has 1 aliphatic heterocycles. The first kappa shape index (κ1) is 24.0. The van der Waals surface area contributed by atoms with E-state index < -0.39 is 0 Å². The maximum atomic E-state index is 5.34. The van der Waals surface area contributed by atoms with E-state index in [1.54, 1.807) is 7.11 Å². The zero-order valence-electron chi connectivity index (χ0n) is 19.7. The Balaban J connectivity index is 1.52. The molecule has 1 saturated heterocycles. The smallest absolute Gasteiger partial charge is 0.233 e. The summed E-state index contributed by atoms with van der Waals surface area (Å²) in [5.74, 6) is 2.55. The molecule has 33 heavy (non-hydrogen) atoms. The van der Waals surface area contributed by atoms with Crippen molar-refractivity contribution in [2.24, 2.45) is 0 Å². The minimum atomic E-state index is 0.413. The number of likely N-dealkylation sites (tertiary alicyclic amines) is 1. The van der Waals surface area contributed by atoms with E-state index in [0.717, 1.165) is 41.8 Å². The van der Waals surface area contributed by atoms with Gasteiger partial charge in [0.25, 0.3) is 0 Å². The Hall–Kier alpha value is -2.13. The van der Waals surface area contributed by atoms with Crippen molar-refractivity contribution >= 4 is 39.5 Å². The molecule has 4 rings (SSSR count). The van der Waals surface area contributed by atoms with E-state index in [1.807, 2.05) is 18.2 Å². The molecule has 0 amide bonds. The molecule has 1 aromatic carbocycles. The Bertz CT molecular complexity index is 904. The third kappa shape index (κ3) is 6.69. The zero-order valence-corrected chi connectivity index (χ0v) is 21.3. The summed E-state index contributed by atoms with van der Waals surface area (Å²) in [7, 11) is 1.66. The third-order valence-electron chi connectivity index (χ3n) is 6.63. The van der Waals surface area contributed by atoms with Crippen LogP contribution < -0.4 is 20.7 Å². The highest BCUT2D eigenvalue weighted by Gasteiger charge is 2.23. The van der Waals surface area contributed by atoms with Gasteiger partial charge in [0, 0.05) is 24.3 Å². The lowest BCUT2D eigenvalue weighted by Gasteiger charge is -2.23. The molecule has 3 N–H and O–H groups in total. The summed E-state index contributed by atoms with van der Waals surface area (Å²) in [6.07, 6.45) is 9.94. The topological polar surface area (TPSA) is 87.2 Å². The number of benzene rings is 1. The maximum absolute atomic E-state index is 5.34. The van der Waals surface area contributed by atoms with Crippen molar-refractivity contribution in [3.05, 3.63) is 22.7 Å². The second-order valence-electron chi connectivity index (χ2n) is 8.92. The number of rotatable bonds is 9. The summed E-state index contributed by atoms with van der Waals surface area (Å²) in [5.41, 5.74) is 0.883. The molecule has 9 heteroatoms. The van der Waals surface area contributed by atoms with E-state index in [0.29, 0.717) is 29.9 Å². The number of nitrogens with one attached hydrogen (secondary N) is 3. The Morgan fingerprint density at radius 1 is 1.00 bits per heavy atom. The van der Waals surface area contributed by atoms with E-state index >= 15 is 0 Å². The molecule has 2 heterocycles. The highest BCUT2D eigenvalue weighted by Crippen LogP contribution is 2.29. The second kappa shape index (κ2) is 11.8. The van der Waals surface area contributed by atoms with Crippen molar-refractivity contribution in [2.75, 3.05) is 42.7 Å². The Morgan fingerprint density at radius 3 is 2.48 bits per heavy atom. The number of hydrogen-bond donors (Lipinski definition) is 3. The predicted octanol–water partition coefficient (Wildman–Crippen LogP) is 5.42. The van der Waals surface area contributed by atoms with Crippen LogP contribution in [-0.4, -0.2) is 58.7 Å². The van der Waals surface area contributed by atoms with Crippen LogP contribution in [0.2, 0.25) is 0 Å². The molecule has 8 nitrogen and oxygen atoms in total. The van der Waals surface area contributed by atoms with Gasteiger partial charge in [-0.05, 0) is 72.9 Å². The second-order valence-corrected chi connectivity index (χ2v) is 9.77. The first-order chi connectivity index (χ1) is 16.1. The van der Waals surface area contributed by atoms with Crippen molar-refractivity contribution in [1.82, 2.24) is 19.9 Å². The molecule has 1 saturated carbocycles. The highest BCUT2D eigenvalue weighted by atomic mass is 79.9. The van der Waals surface area contributed by atoms with Gasteiger partial charge in [-0.25, -0.2) is 0 Å². The summed E-state index contributed by atoms with van der Waals surface area (Å²) < 4.78 is 6.22. The van der Waals surface area contributed by atoms with Gasteiger partial charge in [0.15, 0.2) is 0 Å². The molecule has 1 aromatic heterocycles. The van der Waals surface area contributed by atoms with Crippen LogP contribution in [0.4, 0.5) is 23.5 Å². The predicted molar refractivity (Wildman–Crippen MR) is 138 cm³/mol. The van der Waals surface area contributed by atoms with E-state index in [1.165, 1.54) is 45.1 Å². The van der Waals surface area contributed by atoms with E-state index in [2.05, 4.69) is 48.7 Å². The number of methoxy groups -OCH3 is 1. The van der Waals surface area contributed by atoms with E-state index in [4.69, 9.17) is 14.7 Å². The highest BCUT2D eigenvalue weighted by molar-refractivity contribution is 9.10. The fourth-order valence-corrected chi connectivity index (χ4v) is 5.35. The molecule has 1 aliphatic carbocycles. The summed E-state index contributed by atoms with van der Waals surface area (Å²) >= 11 is 3.55. The fraction of sp³-hybridized carbons (Fsp3) is 0.625. The molecule has 0 bridgehead atoms. The van der Waals surface area contributed by atoms with E-state index in [-0.39, 0.29) is 0 Å². The SMILES string of the molecule is CCN1CCCC1CNc1nc(Nc2ccc(OC)c(Br)c2)nc(NC2CCCCCC2)n1. The van der Waals surface area contributed by atoms with Gasteiger partial charge in [-0.1, -0.05) is 32.6 Å². The van der Waals surface area contributed by atoms with Gasteiger partial charge < -0.3 is 20.7 Å². The van der Waals surface area contributed by atoms with Crippen LogP contribution in [0, 0.1) is 0 Å². The Labute approximate surface area is 205 Å². The van der Waals surface area contributed by atoms with Gasteiger partial charge in [-0.3, -0.25) is 4.90 Å². The van der Waals surface area contributed by atoms with Crippen molar-refractivity contribution in [3.8, 4) is 5.75 Å². The summed E-state index contributed by atoms with van der Waals surface area (Å²) in [5, 5.41) is 10.4. The molecule has 1 unspecified atom stereocenters. The summed E-state index contributed by atoms with van der Waals surface area (Å²) in [4.78, 5) is 16.6. The Kier molecular flexibility index (Phi) is 8.61. The van der Waals surface area contributed by atoms with Gasteiger partial charge in [0.1, 0.15) is 5.75 Å². The normalized spacial score (nSPS) is 19.8. The fourth-order valence-electron chi connectivity index (χ4n) is 4.81. The molecule has 2 aromatic rings. The molecule has 1 atom stereocenters. The minimum absolute atomic E-state index is 0.413. The van der Waals surface area contributed by atoms with Crippen molar-refractivity contribution < 1.29 is 4.74 Å². The molecule has 2 fully saturated rings. The molecule has 0 spiro atoms. The lowest BCUT2D eigenvalue weighted by Crippen LogP contribution is -2.35. The van der Waals surface area contributed by atoms with Crippen molar-refractivity contribution in [3.63, 3.8) is 0 Å². The standard InChI is InChI=1S/C24H36BrN7O/c1-3-32-14-8-11-19(32)16-26-22-29-23(27-17-9-6-4-5-7-10-17)31-24(30-22)28-18-12-13-21(33-2)20(25)15-18/h12-13,15,17,19H,3-11,14,16H2,1-2H3,(H3,26,27,28,29,30,31). The molecular weight excluding hydrogens is 482 g/mol. The van der Waals surface area contributed by atoms with Crippen LogP contribution in [0.1, 0.15) is 58.3 Å². The molecule has 2 aliphatic rings. The van der Waals surface area contributed by atoms with Crippen LogP contribution in [0.5, 0.6) is 5.75 Å². The number of ether oxygens (including phenoxy) is 1. The average molecular weight is 519 g/mol. The quantitative estimate of drug-likeness (QED) is 0.380. The average Bonchev–Trinajstić information content (AvgIpc) is 3.12. The number of anilines is 4. The third-order valence-corrected chi connectivity index (χ3v) is 7.25. The zero-order chi connectivity index (χ0) is 23.0. The Morgan fingerprint density at radius 2 is 1.76 bits per heavy atom. The largest absolute Gasteiger partial charge is 0.496 e.